The molecule has 140 valence electrons. The van der Waals surface area contributed by atoms with E-state index in [1.807, 2.05) is 27.7 Å². The van der Waals surface area contributed by atoms with Gasteiger partial charge in [0.05, 0.1) is 10.9 Å². The van der Waals surface area contributed by atoms with E-state index < -0.39 is 17.7 Å². The van der Waals surface area contributed by atoms with Crippen LogP contribution in [-0.4, -0.2) is 40.6 Å². The molecule has 0 spiro atoms. The van der Waals surface area contributed by atoms with Crippen LogP contribution >= 0.6 is 0 Å². The number of carbonyl (C=O) groups excluding carboxylic acids is 3. The molecule has 0 aliphatic carbocycles. The first kappa shape index (κ1) is 19.7. The van der Waals surface area contributed by atoms with E-state index in [9.17, 15) is 14.4 Å². The molecule has 26 heavy (non-hydrogen) atoms. The van der Waals surface area contributed by atoms with Crippen molar-refractivity contribution in [2.75, 3.05) is 13.1 Å². The Morgan fingerprint density at radius 2 is 1.69 bits per heavy atom. The van der Waals surface area contributed by atoms with Crippen molar-refractivity contribution in [3.05, 3.63) is 30.0 Å². The molecular weight excluding hydrogens is 332 g/mol. The van der Waals surface area contributed by atoms with Gasteiger partial charge in [0, 0.05) is 31.7 Å². The quantitative estimate of drug-likeness (QED) is 0.356. The minimum absolute atomic E-state index is 0.222. The van der Waals surface area contributed by atoms with E-state index in [4.69, 9.17) is 4.74 Å². The first-order valence-electron chi connectivity index (χ1n) is 8.82. The molecule has 1 amide bonds. The van der Waals surface area contributed by atoms with Gasteiger partial charge in [-0.2, -0.15) is 0 Å². The monoisotopic (exact) mass is 358 g/mol. The SMILES string of the molecule is CC(=O)Oc1cccc2[nH]cc(C(=O)C(=O)N(CC(C)C)CC(C)C)c12. The Morgan fingerprint density at radius 1 is 1.08 bits per heavy atom. The van der Waals surface area contributed by atoms with Crippen molar-refractivity contribution in [3.63, 3.8) is 0 Å². The number of nitrogens with one attached hydrogen (secondary N) is 1. The van der Waals surface area contributed by atoms with Gasteiger partial charge < -0.3 is 14.6 Å². The molecule has 2 rings (SSSR count). The Kier molecular flexibility index (Phi) is 6.18. The number of nitrogens with zero attached hydrogens (tertiary/aromatic N) is 1. The fourth-order valence-electron chi connectivity index (χ4n) is 2.95. The van der Waals surface area contributed by atoms with Crippen molar-refractivity contribution in [3.8, 4) is 5.75 Å². The third-order valence-corrected chi connectivity index (χ3v) is 3.82. The molecule has 0 unspecified atom stereocenters. The normalized spacial score (nSPS) is 11.2. The molecule has 1 aromatic heterocycles. The number of ether oxygens (including phenoxy) is 1. The van der Waals surface area contributed by atoms with E-state index in [1.54, 1.807) is 23.1 Å². The van der Waals surface area contributed by atoms with Gasteiger partial charge in [-0.1, -0.05) is 33.8 Å². The lowest BCUT2D eigenvalue weighted by Crippen LogP contribution is -2.41. The summed E-state index contributed by atoms with van der Waals surface area (Å²) in [5, 5.41) is 0.454. The number of carbonyl (C=O) groups is 3. The first-order chi connectivity index (χ1) is 12.2. The number of amides is 1. The van der Waals surface area contributed by atoms with Crippen molar-refractivity contribution in [2.45, 2.75) is 34.6 Å². The van der Waals surface area contributed by atoms with E-state index >= 15 is 0 Å². The number of hydrogen-bond acceptors (Lipinski definition) is 4. The fraction of sp³-hybridized carbons (Fsp3) is 0.450. The summed E-state index contributed by atoms with van der Waals surface area (Å²) in [4.78, 5) is 41.7. The molecule has 0 saturated heterocycles. The van der Waals surface area contributed by atoms with Gasteiger partial charge in [-0.25, -0.2) is 0 Å². The maximum atomic E-state index is 12.9. The molecule has 6 heteroatoms. The number of benzene rings is 1. The highest BCUT2D eigenvalue weighted by Crippen LogP contribution is 2.29. The van der Waals surface area contributed by atoms with Crippen LogP contribution in [0.2, 0.25) is 0 Å². The Bertz CT molecular complexity index is 810. The standard InChI is InChI=1S/C20H26N2O4/c1-12(2)10-22(11-13(3)4)20(25)19(24)15-9-21-16-7-6-8-17(18(15)16)26-14(5)23/h6-9,12-13,21H,10-11H2,1-5H3. The predicted octanol–water partition coefficient (Wildman–Crippen LogP) is 3.42. The van der Waals surface area contributed by atoms with Gasteiger partial charge in [-0.15, -0.1) is 0 Å². The molecule has 6 nitrogen and oxygen atoms in total. The van der Waals surface area contributed by atoms with Crippen LogP contribution in [0.25, 0.3) is 10.9 Å². The third kappa shape index (κ3) is 4.50. The second-order valence-electron chi connectivity index (χ2n) is 7.30. The molecule has 0 aliphatic rings. The molecule has 2 aromatic rings. The van der Waals surface area contributed by atoms with Crippen LogP contribution in [0.5, 0.6) is 5.75 Å². The summed E-state index contributed by atoms with van der Waals surface area (Å²) >= 11 is 0. The van der Waals surface area contributed by atoms with Crippen molar-refractivity contribution in [1.82, 2.24) is 9.88 Å². The zero-order chi connectivity index (χ0) is 19.4. The highest BCUT2D eigenvalue weighted by molar-refractivity contribution is 6.45. The number of esters is 1. The summed E-state index contributed by atoms with van der Waals surface area (Å²) in [6.45, 7) is 10.4. The van der Waals surface area contributed by atoms with Crippen LogP contribution in [0.1, 0.15) is 45.0 Å². The lowest BCUT2D eigenvalue weighted by molar-refractivity contribution is -0.131. The number of hydrogen-bond donors (Lipinski definition) is 1. The Labute approximate surface area is 153 Å². The van der Waals surface area contributed by atoms with E-state index in [2.05, 4.69) is 4.98 Å². The van der Waals surface area contributed by atoms with Crippen molar-refractivity contribution in [1.29, 1.82) is 0 Å². The highest BCUT2D eigenvalue weighted by Gasteiger charge is 2.27. The third-order valence-electron chi connectivity index (χ3n) is 3.82. The summed E-state index contributed by atoms with van der Waals surface area (Å²) < 4.78 is 5.21. The van der Waals surface area contributed by atoms with Gasteiger partial charge in [0.25, 0.3) is 11.7 Å². The Morgan fingerprint density at radius 3 is 2.23 bits per heavy atom. The highest BCUT2D eigenvalue weighted by atomic mass is 16.5. The van der Waals surface area contributed by atoms with Gasteiger partial charge in [-0.05, 0) is 24.0 Å². The molecule has 1 heterocycles. The summed E-state index contributed by atoms with van der Waals surface area (Å²) in [6, 6.07) is 5.10. The number of Topliss-reactive ketones (excluding diaryl/α,β-unsaturated/α-hetero) is 1. The fourth-order valence-corrected chi connectivity index (χ4v) is 2.95. The maximum Gasteiger partial charge on any atom is 0.308 e. The minimum Gasteiger partial charge on any atom is -0.426 e. The molecule has 0 aliphatic heterocycles. The minimum atomic E-state index is -0.600. The van der Waals surface area contributed by atoms with Crippen LogP contribution in [-0.2, 0) is 9.59 Å². The van der Waals surface area contributed by atoms with Crippen molar-refractivity contribution < 1.29 is 19.1 Å². The molecule has 1 aromatic carbocycles. The molecule has 0 fully saturated rings. The summed E-state index contributed by atoms with van der Waals surface area (Å²) in [5.74, 6) is -0.838. The smallest absolute Gasteiger partial charge is 0.308 e. The van der Waals surface area contributed by atoms with E-state index in [1.165, 1.54) is 13.1 Å². The van der Waals surface area contributed by atoms with E-state index in [0.29, 0.717) is 24.0 Å². The Balaban J connectivity index is 2.41. The molecule has 1 N–H and O–H groups in total. The topological polar surface area (TPSA) is 79.5 Å². The molecule has 0 saturated carbocycles. The van der Waals surface area contributed by atoms with Crippen LogP contribution in [0, 0.1) is 11.8 Å². The second-order valence-corrected chi connectivity index (χ2v) is 7.30. The van der Waals surface area contributed by atoms with E-state index in [-0.39, 0.29) is 23.1 Å². The number of H-pyrrole nitrogens is 1. The average Bonchev–Trinajstić information content (AvgIpc) is 2.96. The lowest BCUT2D eigenvalue weighted by atomic mass is 10.1. The van der Waals surface area contributed by atoms with Gasteiger partial charge >= 0.3 is 5.97 Å². The summed E-state index contributed by atoms with van der Waals surface area (Å²) in [7, 11) is 0. The lowest BCUT2D eigenvalue weighted by Gasteiger charge is -2.25. The van der Waals surface area contributed by atoms with Crippen LogP contribution in [0.4, 0.5) is 0 Å². The number of fused-ring (bicyclic) bond motifs is 1. The maximum absolute atomic E-state index is 12.9. The van der Waals surface area contributed by atoms with Crippen LogP contribution < -0.4 is 4.74 Å². The van der Waals surface area contributed by atoms with Crippen molar-refractivity contribution in [2.24, 2.45) is 11.8 Å². The van der Waals surface area contributed by atoms with Gasteiger partial charge in [0.2, 0.25) is 0 Å². The summed E-state index contributed by atoms with van der Waals surface area (Å²) in [5.41, 5.74) is 0.860. The Hall–Kier alpha value is -2.63. The molecule has 0 radical (unpaired) electrons. The number of ketones is 1. The van der Waals surface area contributed by atoms with E-state index in [0.717, 1.165) is 0 Å². The number of aromatic amines is 1. The average molecular weight is 358 g/mol. The first-order valence-corrected chi connectivity index (χ1v) is 8.82. The largest absolute Gasteiger partial charge is 0.426 e. The second kappa shape index (κ2) is 8.17. The molecule has 0 bridgehead atoms. The van der Waals surface area contributed by atoms with Crippen molar-refractivity contribution >= 4 is 28.6 Å². The number of aromatic nitrogens is 1. The summed E-state index contributed by atoms with van der Waals surface area (Å²) in [6.07, 6.45) is 1.50. The molecule has 0 atom stereocenters. The predicted molar refractivity (Wildman–Crippen MR) is 100 cm³/mol. The van der Waals surface area contributed by atoms with Gasteiger partial charge in [0.1, 0.15) is 5.75 Å². The van der Waals surface area contributed by atoms with Gasteiger partial charge in [0.15, 0.2) is 0 Å². The zero-order valence-corrected chi connectivity index (χ0v) is 16.0. The van der Waals surface area contributed by atoms with Crippen LogP contribution in [0.15, 0.2) is 24.4 Å². The molecular formula is C20H26N2O4. The zero-order valence-electron chi connectivity index (χ0n) is 16.0. The number of rotatable bonds is 7. The van der Waals surface area contributed by atoms with Gasteiger partial charge in [-0.3, -0.25) is 14.4 Å². The van der Waals surface area contributed by atoms with Crippen LogP contribution in [0.3, 0.4) is 0 Å².